The Bertz CT molecular complexity index is 1120. The van der Waals surface area contributed by atoms with Crippen LogP contribution in [0.2, 0.25) is 5.02 Å². The largest absolute Gasteiger partial charge is 0.265 e. The first-order valence-corrected chi connectivity index (χ1v) is 11.4. The van der Waals surface area contributed by atoms with Gasteiger partial charge in [0.05, 0.1) is 15.9 Å². The Morgan fingerprint density at radius 1 is 1.17 bits per heavy atom. The summed E-state index contributed by atoms with van der Waals surface area (Å²) in [4.78, 5) is 0.129. The topological polar surface area (TPSA) is 64.0 Å². The molecule has 0 aliphatic rings. The van der Waals surface area contributed by atoms with Gasteiger partial charge in [-0.05, 0) is 51.2 Å². The molecular weight excluding hydrogens is 481 g/mol. The Morgan fingerprint density at radius 3 is 2.41 bits per heavy atom. The molecule has 5 nitrogen and oxygen atoms in total. The van der Waals surface area contributed by atoms with Crippen LogP contribution in [0.15, 0.2) is 58.0 Å². The first kappa shape index (κ1) is 21.8. The van der Waals surface area contributed by atoms with Crippen LogP contribution in [0.5, 0.6) is 0 Å². The third-order valence-corrected chi connectivity index (χ3v) is 6.65. The summed E-state index contributed by atoms with van der Waals surface area (Å²) in [5.74, 6) is -0.345. The van der Waals surface area contributed by atoms with E-state index in [1.165, 1.54) is 16.8 Å². The smallest absolute Gasteiger partial charge is 0.263 e. The Balaban J connectivity index is 1.83. The standard InChI is InChI=1S/C20H20BrClFN3O2S/c1-20(2,3)13-7-9-14(10-8-13)29(27,28)25-19-16(21)12-26(24-19)11-15-17(22)5-4-6-18(15)23/h4-10,12H,11H2,1-3H3,(H,24,25). The predicted octanol–water partition coefficient (Wildman–Crippen LogP) is 5.58. The number of aromatic nitrogens is 2. The molecule has 1 aromatic heterocycles. The van der Waals surface area contributed by atoms with Gasteiger partial charge in [-0.1, -0.05) is 50.6 Å². The maximum absolute atomic E-state index is 14.0. The van der Waals surface area contributed by atoms with Crippen LogP contribution in [0, 0.1) is 5.82 Å². The highest BCUT2D eigenvalue weighted by Gasteiger charge is 2.20. The van der Waals surface area contributed by atoms with Crippen molar-refractivity contribution in [2.75, 3.05) is 4.72 Å². The summed E-state index contributed by atoms with van der Waals surface area (Å²) >= 11 is 9.35. The SMILES string of the molecule is CC(C)(C)c1ccc(S(=O)(=O)Nc2nn(Cc3c(F)cccc3Cl)cc2Br)cc1. The van der Waals surface area contributed by atoms with Gasteiger partial charge in [0.15, 0.2) is 5.82 Å². The van der Waals surface area contributed by atoms with Gasteiger partial charge in [0.2, 0.25) is 0 Å². The van der Waals surface area contributed by atoms with E-state index in [9.17, 15) is 12.8 Å². The molecule has 0 amide bonds. The van der Waals surface area contributed by atoms with E-state index in [1.807, 2.05) is 0 Å². The number of anilines is 1. The molecular formula is C20H20BrClFN3O2S. The van der Waals surface area contributed by atoms with Gasteiger partial charge in [0.25, 0.3) is 10.0 Å². The minimum absolute atomic E-state index is 0.0616. The summed E-state index contributed by atoms with van der Waals surface area (Å²) in [5, 5.41) is 4.48. The number of halogens is 3. The molecule has 0 aliphatic heterocycles. The minimum Gasteiger partial charge on any atom is -0.265 e. The molecule has 0 bridgehead atoms. The molecule has 9 heteroatoms. The Hall–Kier alpha value is -1.90. The Morgan fingerprint density at radius 2 is 1.83 bits per heavy atom. The summed E-state index contributed by atoms with van der Waals surface area (Å²) in [6.07, 6.45) is 1.56. The molecule has 0 fully saturated rings. The van der Waals surface area contributed by atoms with Crippen LogP contribution in [0.3, 0.4) is 0 Å². The van der Waals surface area contributed by atoms with E-state index in [-0.39, 0.29) is 33.3 Å². The molecule has 0 aliphatic carbocycles. The summed E-state index contributed by atoms with van der Waals surface area (Å²) in [6.45, 7) is 6.23. The number of rotatable bonds is 5. The number of sulfonamides is 1. The summed E-state index contributed by atoms with van der Waals surface area (Å²) < 4.78 is 43.8. The minimum atomic E-state index is -3.83. The third kappa shape index (κ3) is 4.99. The van der Waals surface area contributed by atoms with Gasteiger partial charge in [0, 0.05) is 16.8 Å². The van der Waals surface area contributed by atoms with E-state index >= 15 is 0 Å². The lowest BCUT2D eigenvalue weighted by Crippen LogP contribution is -2.15. The van der Waals surface area contributed by atoms with Gasteiger partial charge in [-0.25, -0.2) is 12.8 Å². The molecule has 2 aromatic carbocycles. The molecule has 1 heterocycles. The number of nitrogens with one attached hydrogen (secondary N) is 1. The van der Waals surface area contributed by atoms with Crippen molar-refractivity contribution < 1.29 is 12.8 Å². The molecule has 154 valence electrons. The highest BCUT2D eigenvalue weighted by molar-refractivity contribution is 9.10. The molecule has 3 aromatic rings. The zero-order chi connectivity index (χ0) is 21.4. The molecule has 0 saturated heterocycles. The highest BCUT2D eigenvalue weighted by Crippen LogP contribution is 2.27. The summed E-state index contributed by atoms with van der Waals surface area (Å²) in [7, 11) is -3.83. The zero-order valence-electron chi connectivity index (χ0n) is 16.1. The van der Waals surface area contributed by atoms with E-state index in [0.717, 1.165) is 5.56 Å². The van der Waals surface area contributed by atoms with E-state index in [1.54, 1.807) is 36.5 Å². The van der Waals surface area contributed by atoms with Crippen LogP contribution in [-0.2, 0) is 22.0 Å². The second kappa shape index (κ2) is 8.08. The maximum atomic E-state index is 14.0. The van der Waals surface area contributed by atoms with Gasteiger partial charge < -0.3 is 0 Å². The van der Waals surface area contributed by atoms with Crippen LogP contribution < -0.4 is 4.72 Å². The van der Waals surface area contributed by atoms with Crippen molar-refractivity contribution in [2.24, 2.45) is 0 Å². The van der Waals surface area contributed by atoms with Crippen LogP contribution in [0.4, 0.5) is 10.2 Å². The van der Waals surface area contributed by atoms with Crippen molar-refractivity contribution in [1.82, 2.24) is 9.78 Å². The summed E-state index contributed by atoms with van der Waals surface area (Å²) in [6, 6.07) is 11.1. The average molecular weight is 501 g/mol. The van der Waals surface area contributed by atoms with Crippen molar-refractivity contribution >= 4 is 43.4 Å². The van der Waals surface area contributed by atoms with Gasteiger partial charge in [-0.3, -0.25) is 9.40 Å². The normalized spacial score (nSPS) is 12.2. The molecule has 0 saturated carbocycles. The summed E-state index contributed by atoms with van der Waals surface area (Å²) in [5.41, 5.74) is 1.23. The molecule has 0 spiro atoms. The fourth-order valence-corrected chi connectivity index (χ4v) is 4.50. The van der Waals surface area contributed by atoms with E-state index in [2.05, 4.69) is 46.5 Å². The van der Waals surface area contributed by atoms with Gasteiger partial charge >= 0.3 is 0 Å². The first-order valence-electron chi connectivity index (χ1n) is 8.76. The maximum Gasteiger partial charge on any atom is 0.263 e. The lowest BCUT2D eigenvalue weighted by atomic mass is 9.87. The highest BCUT2D eigenvalue weighted by atomic mass is 79.9. The third-order valence-electron chi connectivity index (χ3n) is 4.36. The van der Waals surface area contributed by atoms with Crippen LogP contribution in [-0.4, -0.2) is 18.2 Å². The molecule has 0 atom stereocenters. The lowest BCUT2D eigenvalue weighted by Gasteiger charge is -2.19. The quantitative estimate of drug-likeness (QED) is 0.497. The fraction of sp³-hybridized carbons (Fsp3) is 0.250. The molecule has 0 unspecified atom stereocenters. The number of nitrogens with zero attached hydrogens (tertiary/aromatic N) is 2. The Labute approximate surface area is 183 Å². The van der Waals surface area contributed by atoms with Crippen molar-refractivity contribution in [3.05, 3.63) is 75.1 Å². The van der Waals surface area contributed by atoms with E-state index < -0.39 is 15.8 Å². The first-order chi connectivity index (χ1) is 13.5. The van der Waals surface area contributed by atoms with Crippen molar-refractivity contribution in [2.45, 2.75) is 37.6 Å². The number of benzene rings is 2. The van der Waals surface area contributed by atoms with Gasteiger partial charge in [0.1, 0.15) is 5.82 Å². The zero-order valence-corrected chi connectivity index (χ0v) is 19.2. The van der Waals surface area contributed by atoms with Crippen molar-refractivity contribution in [3.63, 3.8) is 0 Å². The van der Waals surface area contributed by atoms with Gasteiger partial charge in [-0.15, -0.1) is 0 Å². The van der Waals surface area contributed by atoms with Crippen LogP contribution in [0.1, 0.15) is 31.9 Å². The van der Waals surface area contributed by atoms with Crippen molar-refractivity contribution in [3.8, 4) is 0 Å². The number of hydrogen-bond donors (Lipinski definition) is 1. The lowest BCUT2D eigenvalue weighted by molar-refractivity contribution is 0.584. The van der Waals surface area contributed by atoms with E-state index in [4.69, 9.17) is 11.6 Å². The van der Waals surface area contributed by atoms with Crippen LogP contribution in [0.25, 0.3) is 0 Å². The fourth-order valence-electron chi connectivity index (χ4n) is 2.71. The molecule has 0 radical (unpaired) electrons. The average Bonchev–Trinajstić information content (AvgIpc) is 2.96. The molecule has 3 rings (SSSR count). The number of hydrogen-bond acceptors (Lipinski definition) is 3. The van der Waals surface area contributed by atoms with Gasteiger partial charge in [-0.2, -0.15) is 5.10 Å². The monoisotopic (exact) mass is 499 g/mol. The molecule has 1 N–H and O–H groups in total. The molecule has 29 heavy (non-hydrogen) atoms. The second-order valence-electron chi connectivity index (χ2n) is 7.60. The van der Waals surface area contributed by atoms with Crippen molar-refractivity contribution in [1.29, 1.82) is 0 Å². The predicted molar refractivity (Wildman–Crippen MR) is 116 cm³/mol. The second-order valence-corrected chi connectivity index (χ2v) is 10.5. The van der Waals surface area contributed by atoms with Crippen LogP contribution >= 0.6 is 27.5 Å². The Kier molecular flexibility index (Phi) is 6.08. The van der Waals surface area contributed by atoms with E-state index in [0.29, 0.717) is 4.47 Å².